The molecule has 198 valence electrons. The van der Waals surface area contributed by atoms with E-state index in [2.05, 4.69) is 30.6 Å². The van der Waals surface area contributed by atoms with Crippen LogP contribution in [0.2, 0.25) is 0 Å². The number of sulfone groups is 1. The number of halogens is 1. The summed E-state index contributed by atoms with van der Waals surface area (Å²) < 4.78 is 38.3. The second-order valence-electron chi connectivity index (χ2n) is 8.57. The van der Waals surface area contributed by atoms with Gasteiger partial charge in [0.05, 0.1) is 21.5 Å². The van der Waals surface area contributed by atoms with Gasteiger partial charge in [-0.25, -0.2) is 27.8 Å². The van der Waals surface area contributed by atoms with Crippen LogP contribution < -0.4 is 16.4 Å². The minimum absolute atomic E-state index is 0.110. The molecule has 5 rings (SSSR count). The highest BCUT2D eigenvalue weighted by atomic mass is 32.2. The molecule has 0 aliphatic carbocycles. The number of carbonyl (C=O) groups is 2. The quantitative estimate of drug-likeness (QED) is 0.239. The van der Waals surface area contributed by atoms with Crippen molar-refractivity contribution in [3.8, 4) is 11.3 Å². The largest absolute Gasteiger partial charge is 0.382 e. The van der Waals surface area contributed by atoms with Gasteiger partial charge in [0.15, 0.2) is 5.69 Å². The molecule has 0 aliphatic rings. The van der Waals surface area contributed by atoms with E-state index < -0.39 is 32.6 Å². The average molecular weight is 566 g/mol. The Kier molecular flexibility index (Phi) is 6.57. The van der Waals surface area contributed by atoms with Crippen molar-refractivity contribution in [2.45, 2.75) is 12.1 Å². The summed E-state index contributed by atoms with van der Waals surface area (Å²) in [5.41, 5.74) is 8.37. The number of nitrogen functional groups attached to an aromatic ring is 1. The van der Waals surface area contributed by atoms with Crippen LogP contribution >= 0.6 is 11.3 Å². The molecule has 3 heterocycles. The molecule has 0 saturated carbocycles. The van der Waals surface area contributed by atoms with E-state index in [0.29, 0.717) is 32.7 Å². The van der Waals surface area contributed by atoms with Crippen molar-refractivity contribution in [3.63, 3.8) is 0 Å². The summed E-state index contributed by atoms with van der Waals surface area (Å²) in [4.78, 5) is 41.0. The number of hydrogen-bond donors (Lipinski definition) is 4. The maximum Gasteiger partial charge on any atom is 0.276 e. The number of hydrogen-bond acceptors (Lipinski definition) is 9. The Morgan fingerprint density at radius 2 is 1.79 bits per heavy atom. The molecule has 0 unspecified atom stereocenters. The lowest BCUT2D eigenvalue weighted by Gasteiger charge is -2.11. The molecule has 3 aromatic heterocycles. The molecule has 5 aromatic rings. The second-order valence-corrected chi connectivity index (χ2v) is 11.4. The van der Waals surface area contributed by atoms with E-state index in [4.69, 9.17) is 5.73 Å². The van der Waals surface area contributed by atoms with E-state index in [1.807, 2.05) is 0 Å². The van der Waals surface area contributed by atoms with E-state index >= 15 is 0 Å². The predicted octanol–water partition coefficient (Wildman–Crippen LogP) is 4.02. The van der Waals surface area contributed by atoms with Crippen LogP contribution in [0.15, 0.2) is 59.3 Å². The number of thiophene rings is 1. The SMILES string of the molecule is Cc1ccc(NC(=O)c2nc(S(C)(=O)=O)[nH]c2-c2ccc(F)cc2)cc1NC(=O)c1csc2c(N)ncnc12. The molecule has 0 bridgehead atoms. The molecular formula is C25H20FN7O4S2. The van der Waals surface area contributed by atoms with Gasteiger partial charge in [-0.05, 0) is 48.9 Å². The van der Waals surface area contributed by atoms with Gasteiger partial charge in [0, 0.05) is 28.6 Å². The van der Waals surface area contributed by atoms with Crippen LogP contribution in [0, 0.1) is 12.7 Å². The first kappa shape index (κ1) is 25.9. The van der Waals surface area contributed by atoms with Gasteiger partial charge in [-0.15, -0.1) is 11.3 Å². The van der Waals surface area contributed by atoms with E-state index in [-0.39, 0.29) is 17.2 Å². The first-order valence-corrected chi connectivity index (χ1v) is 14.1. The summed E-state index contributed by atoms with van der Waals surface area (Å²) in [6.07, 6.45) is 2.24. The molecule has 0 spiro atoms. The van der Waals surface area contributed by atoms with Gasteiger partial charge < -0.3 is 21.4 Å². The number of aromatic nitrogens is 4. The molecule has 0 atom stereocenters. The Hall–Kier alpha value is -4.69. The van der Waals surface area contributed by atoms with Crippen molar-refractivity contribution in [1.82, 2.24) is 19.9 Å². The highest BCUT2D eigenvalue weighted by molar-refractivity contribution is 7.90. The number of benzene rings is 2. The zero-order chi connectivity index (χ0) is 27.9. The minimum atomic E-state index is -3.78. The Balaban J connectivity index is 1.43. The molecule has 0 saturated heterocycles. The summed E-state index contributed by atoms with van der Waals surface area (Å²) >= 11 is 1.26. The monoisotopic (exact) mass is 565 g/mol. The number of nitrogens with two attached hydrogens (primary N) is 1. The molecule has 0 radical (unpaired) electrons. The van der Waals surface area contributed by atoms with Crippen molar-refractivity contribution < 1.29 is 22.4 Å². The Labute approximate surface area is 225 Å². The topological polar surface area (TPSA) is 173 Å². The number of nitrogens with one attached hydrogen (secondary N) is 3. The number of anilines is 3. The van der Waals surface area contributed by atoms with Gasteiger partial charge in [0.1, 0.15) is 18.0 Å². The van der Waals surface area contributed by atoms with Crippen molar-refractivity contribution in [3.05, 3.63) is 76.8 Å². The molecule has 5 N–H and O–H groups in total. The maximum absolute atomic E-state index is 13.4. The van der Waals surface area contributed by atoms with Gasteiger partial charge in [-0.1, -0.05) is 6.07 Å². The number of fused-ring (bicyclic) bond motifs is 1. The van der Waals surface area contributed by atoms with Crippen LogP contribution in [-0.2, 0) is 9.84 Å². The summed E-state index contributed by atoms with van der Waals surface area (Å²) in [7, 11) is -3.78. The lowest BCUT2D eigenvalue weighted by atomic mass is 10.1. The van der Waals surface area contributed by atoms with Gasteiger partial charge in [0.25, 0.3) is 11.8 Å². The van der Waals surface area contributed by atoms with Gasteiger partial charge >= 0.3 is 0 Å². The summed E-state index contributed by atoms with van der Waals surface area (Å²) in [6, 6.07) is 10.1. The van der Waals surface area contributed by atoms with Gasteiger partial charge in [-0.3, -0.25) is 9.59 Å². The number of rotatable bonds is 6. The van der Waals surface area contributed by atoms with Crippen molar-refractivity contribution in [1.29, 1.82) is 0 Å². The molecule has 11 nitrogen and oxygen atoms in total. The van der Waals surface area contributed by atoms with Crippen LogP contribution in [0.1, 0.15) is 26.4 Å². The molecule has 2 aromatic carbocycles. The third kappa shape index (κ3) is 5.19. The molecule has 0 aliphatic heterocycles. The third-order valence-electron chi connectivity index (χ3n) is 5.75. The number of nitrogens with zero attached hydrogens (tertiary/aromatic N) is 3. The molecule has 14 heteroatoms. The number of imidazole rings is 1. The predicted molar refractivity (Wildman–Crippen MR) is 146 cm³/mol. The highest BCUT2D eigenvalue weighted by Gasteiger charge is 2.24. The summed E-state index contributed by atoms with van der Waals surface area (Å²) in [6.45, 7) is 1.78. The minimum Gasteiger partial charge on any atom is -0.382 e. The van der Waals surface area contributed by atoms with Crippen LogP contribution in [0.5, 0.6) is 0 Å². The number of amides is 2. The first-order valence-electron chi connectivity index (χ1n) is 11.3. The molecule has 39 heavy (non-hydrogen) atoms. The zero-order valence-corrected chi connectivity index (χ0v) is 22.1. The normalized spacial score (nSPS) is 11.5. The van der Waals surface area contributed by atoms with Gasteiger partial charge in [-0.2, -0.15) is 0 Å². The summed E-state index contributed by atoms with van der Waals surface area (Å²) in [5, 5.41) is 6.74. The molecule has 0 fully saturated rings. The molecular weight excluding hydrogens is 545 g/mol. The number of aromatic amines is 1. The standard InChI is InChI=1S/C25H20FN7O4S2/c1-12-3-8-15(9-17(12)31-23(34)16-10-38-21-19(16)28-11-29-22(21)27)30-24(35)20-18(13-4-6-14(26)7-5-13)32-25(33-20)39(2,36)37/h3-11H,1-2H3,(H,30,35)(H,31,34)(H,32,33)(H2,27,28,29). The third-order valence-corrected chi connectivity index (χ3v) is 7.64. The van der Waals surface area contributed by atoms with E-state index in [9.17, 15) is 22.4 Å². The van der Waals surface area contributed by atoms with Gasteiger partial charge in [0.2, 0.25) is 15.0 Å². The fourth-order valence-electron chi connectivity index (χ4n) is 3.76. The Morgan fingerprint density at radius 1 is 1.05 bits per heavy atom. The van der Waals surface area contributed by atoms with Crippen LogP contribution in [0.4, 0.5) is 21.6 Å². The van der Waals surface area contributed by atoms with Crippen molar-refractivity contribution in [2.24, 2.45) is 0 Å². The van der Waals surface area contributed by atoms with E-state index in [1.165, 1.54) is 41.9 Å². The lowest BCUT2D eigenvalue weighted by Crippen LogP contribution is -2.16. The number of carbonyl (C=O) groups excluding carboxylic acids is 2. The van der Waals surface area contributed by atoms with Crippen molar-refractivity contribution >= 4 is 60.4 Å². The van der Waals surface area contributed by atoms with Crippen LogP contribution in [-0.4, -0.2) is 46.4 Å². The first-order chi connectivity index (χ1) is 18.5. The van der Waals surface area contributed by atoms with Crippen LogP contribution in [0.25, 0.3) is 21.5 Å². The fourth-order valence-corrected chi connectivity index (χ4v) is 5.21. The van der Waals surface area contributed by atoms with Crippen molar-refractivity contribution in [2.75, 3.05) is 22.6 Å². The fraction of sp³-hybridized carbons (Fsp3) is 0.0800. The zero-order valence-electron chi connectivity index (χ0n) is 20.4. The van der Waals surface area contributed by atoms with E-state index in [0.717, 1.165) is 11.8 Å². The summed E-state index contributed by atoms with van der Waals surface area (Å²) in [5.74, 6) is -1.34. The van der Waals surface area contributed by atoms with Crippen LogP contribution in [0.3, 0.4) is 0 Å². The number of aryl methyl sites for hydroxylation is 1. The van der Waals surface area contributed by atoms with E-state index in [1.54, 1.807) is 30.5 Å². The maximum atomic E-state index is 13.4. The Bertz CT molecular complexity index is 1870. The second kappa shape index (κ2) is 9.89. The molecule has 2 amide bonds. The smallest absolute Gasteiger partial charge is 0.276 e. The highest BCUT2D eigenvalue weighted by Crippen LogP contribution is 2.30. The number of H-pyrrole nitrogens is 1. The average Bonchev–Trinajstić information content (AvgIpc) is 3.53. The Morgan fingerprint density at radius 3 is 2.51 bits per heavy atom. The lowest BCUT2D eigenvalue weighted by molar-refractivity contribution is 0.101.